The first-order valence-corrected chi connectivity index (χ1v) is 17.5. The van der Waals surface area contributed by atoms with Crippen molar-refractivity contribution in [2.75, 3.05) is 0 Å². The first-order valence-electron chi connectivity index (χ1n) is 17.5. The van der Waals surface area contributed by atoms with Crippen molar-refractivity contribution in [2.45, 2.75) is 172 Å². The Morgan fingerprint density at radius 3 is 1.62 bits per heavy atom. The molecule has 8 heteroatoms. The third-order valence-corrected chi connectivity index (χ3v) is 7.32. The van der Waals surface area contributed by atoms with Gasteiger partial charge in [-0.3, -0.25) is 9.59 Å². The molecule has 0 heterocycles. The molecule has 0 aliphatic heterocycles. The van der Waals surface area contributed by atoms with Crippen LogP contribution in [0.4, 0.5) is 0 Å². The molecule has 0 aliphatic rings. The topological polar surface area (TPSA) is 105 Å². The van der Waals surface area contributed by atoms with E-state index in [-0.39, 0.29) is 6.42 Å². The molecule has 0 fully saturated rings. The average Bonchev–Trinajstić information content (AvgIpc) is 2.83. The lowest BCUT2D eigenvalue weighted by Gasteiger charge is -2.26. The Balaban J connectivity index is 5.98. The molecular weight excluding hydrogens is 596 g/mol. The van der Waals surface area contributed by atoms with Crippen LogP contribution in [0.1, 0.15) is 149 Å². The van der Waals surface area contributed by atoms with Crippen LogP contribution in [0.25, 0.3) is 0 Å². The molecule has 8 nitrogen and oxygen atoms in total. The smallest absolute Gasteiger partial charge is 0.348 e. The van der Waals surface area contributed by atoms with E-state index in [1.165, 1.54) is 19.3 Å². The van der Waals surface area contributed by atoms with Crippen LogP contribution in [-0.4, -0.2) is 46.8 Å². The molecule has 0 radical (unpaired) electrons. The Kier molecular flexibility index (Phi) is 18.3. The van der Waals surface area contributed by atoms with Crippen LogP contribution < -0.4 is 0 Å². The van der Waals surface area contributed by atoms with E-state index in [2.05, 4.69) is 40.7 Å². The third-order valence-electron chi connectivity index (χ3n) is 7.32. The fourth-order valence-electron chi connectivity index (χ4n) is 5.50. The maximum atomic E-state index is 13.3. The Bertz CT molecular complexity index is 1080. The monoisotopic (exact) mass is 664 g/mol. The molecule has 0 spiro atoms. The van der Waals surface area contributed by atoms with E-state index in [4.69, 9.17) is 18.9 Å². The lowest BCUT2D eigenvalue weighted by atomic mass is 9.84. The second-order valence-corrected chi connectivity index (χ2v) is 16.8. The van der Waals surface area contributed by atoms with Crippen molar-refractivity contribution in [1.29, 1.82) is 0 Å². The van der Waals surface area contributed by atoms with E-state index in [0.717, 1.165) is 17.9 Å². The van der Waals surface area contributed by atoms with Gasteiger partial charge in [0, 0.05) is 5.57 Å². The van der Waals surface area contributed by atoms with Crippen molar-refractivity contribution >= 4 is 23.9 Å². The molecule has 5 unspecified atom stereocenters. The molecule has 0 rings (SSSR count). The van der Waals surface area contributed by atoms with Gasteiger partial charge < -0.3 is 18.9 Å². The van der Waals surface area contributed by atoms with Gasteiger partial charge >= 0.3 is 23.9 Å². The van der Waals surface area contributed by atoms with Crippen LogP contribution in [0.3, 0.4) is 0 Å². The molecule has 0 bridgehead atoms. The number of allylic oxidation sites excluding steroid dienone is 3. The average molecular weight is 665 g/mol. The summed E-state index contributed by atoms with van der Waals surface area (Å²) in [5.41, 5.74) is -1.16. The zero-order valence-electron chi connectivity index (χ0n) is 32.6. The van der Waals surface area contributed by atoms with Gasteiger partial charge in [-0.1, -0.05) is 59.6 Å². The minimum atomic E-state index is -1.50. The van der Waals surface area contributed by atoms with Crippen LogP contribution >= 0.6 is 0 Å². The van der Waals surface area contributed by atoms with Crippen LogP contribution in [0, 0.1) is 29.6 Å². The van der Waals surface area contributed by atoms with Gasteiger partial charge in [-0.2, -0.15) is 0 Å². The quantitative estimate of drug-likeness (QED) is 0.0656. The fraction of sp³-hybridized carbons (Fsp3) is 0.795. The van der Waals surface area contributed by atoms with E-state index in [1.54, 1.807) is 75.3 Å². The Hall–Kier alpha value is -2.64. The maximum Gasteiger partial charge on any atom is 0.348 e. The predicted octanol–water partition coefficient (Wildman–Crippen LogP) is 9.34. The van der Waals surface area contributed by atoms with Gasteiger partial charge in [0.05, 0.1) is 12.3 Å². The second-order valence-electron chi connectivity index (χ2n) is 16.8. The number of ether oxygens (including phenoxy) is 4. The second kappa shape index (κ2) is 19.4. The number of rotatable bonds is 17. The van der Waals surface area contributed by atoms with Gasteiger partial charge in [0.1, 0.15) is 16.8 Å². The van der Waals surface area contributed by atoms with Crippen LogP contribution in [0.15, 0.2) is 23.3 Å². The SMILES string of the molecule is CCC(C)CC(C)CC(C)CC(C)/C=C(C)/C=C(/CC(C)C(=O)O[C@@H](CC(=O)OC(C)(C)C)C(=O)OC(C)(C)C)C(=O)OC(C)(C)C. The summed E-state index contributed by atoms with van der Waals surface area (Å²) in [5.74, 6) is -1.36. The molecule has 0 amide bonds. The Morgan fingerprint density at radius 2 is 1.13 bits per heavy atom. The van der Waals surface area contributed by atoms with Crippen molar-refractivity contribution in [3.05, 3.63) is 23.3 Å². The zero-order valence-corrected chi connectivity index (χ0v) is 32.6. The minimum absolute atomic E-state index is 0.0182. The predicted molar refractivity (Wildman–Crippen MR) is 188 cm³/mol. The highest BCUT2D eigenvalue weighted by molar-refractivity contribution is 5.91. The number of esters is 4. The van der Waals surface area contributed by atoms with Crippen molar-refractivity contribution in [2.24, 2.45) is 29.6 Å². The molecule has 0 aromatic rings. The molecular formula is C39H68O8. The van der Waals surface area contributed by atoms with Crippen molar-refractivity contribution in [3.8, 4) is 0 Å². The number of hydrogen-bond acceptors (Lipinski definition) is 8. The van der Waals surface area contributed by atoms with Crippen molar-refractivity contribution in [3.63, 3.8) is 0 Å². The molecule has 0 saturated heterocycles. The molecule has 0 aromatic carbocycles. The highest BCUT2D eigenvalue weighted by atomic mass is 16.6. The number of carbonyl (C=O) groups is 4. The molecule has 0 aliphatic carbocycles. The van der Waals surface area contributed by atoms with E-state index in [1.807, 2.05) is 6.92 Å². The zero-order chi connectivity index (χ0) is 36.9. The Morgan fingerprint density at radius 1 is 0.638 bits per heavy atom. The van der Waals surface area contributed by atoms with Crippen LogP contribution in [0.5, 0.6) is 0 Å². The fourth-order valence-corrected chi connectivity index (χ4v) is 5.50. The summed E-state index contributed by atoms with van der Waals surface area (Å²) in [7, 11) is 0. The van der Waals surface area contributed by atoms with Crippen LogP contribution in [-0.2, 0) is 38.1 Å². The molecule has 47 heavy (non-hydrogen) atoms. The minimum Gasteiger partial charge on any atom is -0.460 e. The largest absolute Gasteiger partial charge is 0.460 e. The maximum absolute atomic E-state index is 13.3. The normalized spacial score (nSPS) is 17.1. The molecule has 0 saturated carbocycles. The summed E-state index contributed by atoms with van der Waals surface area (Å²) in [4.78, 5) is 52.2. The lowest BCUT2D eigenvalue weighted by Crippen LogP contribution is -2.38. The summed E-state index contributed by atoms with van der Waals surface area (Å²) in [6, 6.07) is 0. The Labute approximate surface area is 286 Å². The highest BCUT2D eigenvalue weighted by Gasteiger charge is 2.34. The van der Waals surface area contributed by atoms with Crippen LogP contribution in [0.2, 0.25) is 0 Å². The standard InChI is InChI=1S/C39H68O8/c1-17-25(2)18-26(3)19-27(4)20-28(5)21-29(6)22-31(35(42)46-38(11,12)13)23-30(7)34(41)44-32(36(43)47-39(14,15)16)24-33(40)45-37(8,9)10/h21-22,25-28,30,32H,17-20,23-24H2,1-16H3/b29-21+,31-22-/t25?,26?,27?,28?,30?,32-/m0/s1. The number of carbonyl (C=O) groups excluding carboxylic acids is 4. The van der Waals surface area contributed by atoms with E-state index >= 15 is 0 Å². The van der Waals surface area contributed by atoms with Gasteiger partial charge in [-0.15, -0.1) is 0 Å². The summed E-state index contributed by atoms with van der Waals surface area (Å²) >= 11 is 0. The first kappa shape index (κ1) is 44.4. The molecule has 0 N–H and O–H groups in total. The van der Waals surface area contributed by atoms with Gasteiger partial charge in [0.15, 0.2) is 0 Å². The highest BCUT2D eigenvalue weighted by Crippen LogP contribution is 2.27. The van der Waals surface area contributed by atoms with E-state index in [9.17, 15) is 19.2 Å². The van der Waals surface area contributed by atoms with Crippen molar-refractivity contribution in [1.82, 2.24) is 0 Å². The van der Waals surface area contributed by atoms with Gasteiger partial charge in [-0.25, -0.2) is 9.59 Å². The first-order chi connectivity index (χ1) is 21.2. The molecule has 272 valence electrons. The van der Waals surface area contributed by atoms with Gasteiger partial charge in [-0.05, 0) is 125 Å². The molecule has 0 aromatic heterocycles. The summed E-state index contributed by atoms with van der Waals surface area (Å²) in [5, 5.41) is 0. The summed E-state index contributed by atoms with van der Waals surface area (Å²) < 4.78 is 22.0. The van der Waals surface area contributed by atoms with Crippen molar-refractivity contribution < 1.29 is 38.1 Å². The lowest BCUT2D eigenvalue weighted by molar-refractivity contribution is -0.182. The van der Waals surface area contributed by atoms with E-state index < -0.39 is 59.1 Å². The van der Waals surface area contributed by atoms with E-state index in [0.29, 0.717) is 23.3 Å². The third kappa shape index (κ3) is 21.8. The summed E-state index contributed by atoms with van der Waals surface area (Å²) in [6.07, 6.45) is 6.62. The van der Waals surface area contributed by atoms with Gasteiger partial charge in [0.25, 0.3) is 0 Å². The van der Waals surface area contributed by atoms with Gasteiger partial charge in [0.2, 0.25) is 6.10 Å². The number of hydrogen-bond donors (Lipinski definition) is 0. The molecule has 6 atom stereocenters. The summed E-state index contributed by atoms with van der Waals surface area (Å²) in [6.45, 7) is 30.5.